The smallest absolute Gasteiger partial charge is 0.137 e. The molecule has 0 aliphatic heterocycles. The highest BCUT2D eigenvalue weighted by Crippen LogP contribution is 2.23. The SMILES string of the molecule is c1ccc(-c2ncc(-c3cccc(CNC4CCCC4)c3)[nH]2)cc1. The third-order valence-electron chi connectivity index (χ3n) is 4.81. The van der Waals surface area contributed by atoms with Crippen molar-refractivity contribution >= 4 is 0 Å². The van der Waals surface area contributed by atoms with E-state index in [1.807, 2.05) is 24.4 Å². The Morgan fingerprint density at radius 1 is 0.958 bits per heavy atom. The van der Waals surface area contributed by atoms with Crippen molar-refractivity contribution in [3.8, 4) is 22.6 Å². The lowest BCUT2D eigenvalue weighted by Gasteiger charge is -2.12. The van der Waals surface area contributed by atoms with Gasteiger partial charge in [-0.1, -0.05) is 61.4 Å². The molecule has 3 heteroatoms. The molecule has 0 radical (unpaired) electrons. The molecule has 1 saturated carbocycles. The highest BCUT2D eigenvalue weighted by atomic mass is 14.9. The number of rotatable bonds is 5. The maximum Gasteiger partial charge on any atom is 0.137 e. The fourth-order valence-corrected chi connectivity index (χ4v) is 3.45. The molecule has 2 aromatic carbocycles. The minimum absolute atomic E-state index is 0.700. The summed E-state index contributed by atoms with van der Waals surface area (Å²) in [5, 5.41) is 3.68. The monoisotopic (exact) mass is 317 g/mol. The maximum atomic E-state index is 4.53. The molecular weight excluding hydrogens is 294 g/mol. The van der Waals surface area contributed by atoms with Gasteiger partial charge >= 0.3 is 0 Å². The molecule has 1 heterocycles. The van der Waals surface area contributed by atoms with Crippen LogP contribution in [0.5, 0.6) is 0 Å². The van der Waals surface area contributed by atoms with E-state index in [1.54, 1.807) is 0 Å². The molecule has 0 bridgehead atoms. The largest absolute Gasteiger partial charge is 0.338 e. The van der Waals surface area contributed by atoms with Gasteiger partial charge in [0, 0.05) is 18.2 Å². The van der Waals surface area contributed by atoms with Gasteiger partial charge in [-0.05, 0) is 30.0 Å². The Bertz CT molecular complexity index is 786. The molecule has 1 aromatic heterocycles. The number of hydrogen-bond acceptors (Lipinski definition) is 2. The van der Waals surface area contributed by atoms with Crippen molar-refractivity contribution in [2.45, 2.75) is 38.3 Å². The van der Waals surface area contributed by atoms with Gasteiger partial charge in [0.2, 0.25) is 0 Å². The Hall–Kier alpha value is -2.39. The zero-order valence-corrected chi connectivity index (χ0v) is 13.8. The average molecular weight is 317 g/mol. The summed E-state index contributed by atoms with van der Waals surface area (Å²) in [4.78, 5) is 7.97. The Kier molecular flexibility index (Phi) is 4.43. The van der Waals surface area contributed by atoms with Crippen molar-refractivity contribution < 1.29 is 0 Å². The highest BCUT2D eigenvalue weighted by molar-refractivity contribution is 5.64. The van der Waals surface area contributed by atoms with Crippen LogP contribution in [0.2, 0.25) is 0 Å². The van der Waals surface area contributed by atoms with E-state index < -0.39 is 0 Å². The molecule has 122 valence electrons. The van der Waals surface area contributed by atoms with E-state index in [9.17, 15) is 0 Å². The molecule has 0 saturated heterocycles. The first-order valence-corrected chi connectivity index (χ1v) is 8.81. The van der Waals surface area contributed by atoms with Crippen LogP contribution in [0.25, 0.3) is 22.6 Å². The summed E-state index contributed by atoms with van der Waals surface area (Å²) >= 11 is 0. The predicted octanol–water partition coefficient (Wildman–Crippen LogP) is 4.78. The third kappa shape index (κ3) is 3.41. The number of benzene rings is 2. The van der Waals surface area contributed by atoms with E-state index in [-0.39, 0.29) is 0 Å². The van der Waals surface area contributed by atoms with Crippen LogP contribution < -0.4 is 5.32 Å². The molecule has 0 amide bonds. The van der Waals surface area contributed by atoms with Crippen molar-refractivity contribution in [1.29, 1.82) is 0 Å². The summed E-state index contributed by atoms with van der Waals surface area (Å²) in [7, 11) is 0. The highest BCUT2D eigenvalue weighted by Gasteiger charge is 2.14. The molecular formula is C21H23N3. The van der Waals surface area contributed by atoms with Gasteiger partial charge in [-0.15, -0.1) is 0 Å². The fourth-order valence-electron chi connectivity index (χ4n) is 3.45. The number of nitrogens with zero attached hydrogens (tertiary/aromatic N) is 1. The summed E-state index contributed by atoms with van der Waals surface area (Å²) in [6.45, 7) is 0.943. The van der Waals surface area contributed by atoms with Crippen molar-refractivity contribution in [2.24, 2.45) is 0 Å². The molecule has 4 rings (SSSR count). The Labute approximate surface area is 143 Å². The predicted molar refractivity (Wildman–Crippen MR) is 98.6 cm³/mol. The van der Waals surface area contributed by atoms with Crippen LogP contribution in [0.1, 0.15) is 31.2 Å². The molecule has 0 unspecified atom stereocenters. The number of H-pyrrole nitrogens is 1. The van der Waals surface area contributed by atoms with Crippen LogP contribution >= 0.6 is 0 Å². The number of aromatic amines is 1. The summed E-state index contributed by atoms with van der Waals surface area (Å²) in [5.74, 6) is 0.917. The molecule has 1 aliphatic carbocycles. The van der Waals surface area contributed by atoms with Crippen LogP contribution in [0.15, 0.2) is 60.8 Å². The van der Waals surface area contributed by atoms with Crippen molar-refractivity contribution in [1.82, 2.24) is 15.3 Å². The van der Waals surface area contributed by atoms with Crippen LogP contribution in [0, 0.1) is 0 Å². The molecule has 0 atom stereocenters. The van der Waals surface area contributed by atoms with E-state index >= 15 is 0 Å². The summed E-state index contributed by atoms with van der Waals surface area (Å²) < 4.78 is 0. The number of imidazole rings is 1. The Balaban J connectivity index is 1.50. The topological polar surface area (TPSA) is 40.7 Å². The van der Waals surface area contributed by atoms with Gasteiger partial charge in [0.25, 0.3) is 0 Å². The second-order valence-electron chi connectivity index (χ2n) is 6.57. The van der Waals surface area contributed by atoms with E-state index in [0.717, 1.165) is 23.6 Å². The second kappa shape index (κ2) is 7.02. The molecule has 3 nitrogen and oxygen atoms in total. The van der Waals surface area contributed by atoms with Gasteiger partial charge in [-0.25, -0.2) is 4.98 Å². The van der Waals surface area contributed by atoms with Gasteiger partial charge < -0.3 is 10.3 Å². The second-order valence-corrected chi connectivity index (χ2v) is 6.57. The van der Waals surface area contributed by atoms with Gasteiger partial charge in [-0.2, -0.15) is 0 Å². The van der Waals surface area contributed by atoms with Crippen LogP contribution in [-0.2, 0) is 6.54 Å². The first-order chi connectivity index (χ1) is 11.9. The summed E-state index contributed by atoms with van der Waals surface area (Å²) in [6, 6.07) is 19.7. The summed E-state index contributed by atoms with van der Waals surface area (Å²) in [5.41, 5.74) is 4.70. The van der Waals surface area contributed by atoms with Crippen LogP contribution in [-0.4, -0.2) is 16.0 Å². The zero-order valence-electron chi connectivity index (χ0n) is 13.8. The van der Waals surface area contributed by atoms with E-state index in [2.05, 4.69) is 51.7 Å². The lowest BCUT2D eigenvalue weighted by atomic mass is 10.1. The van der Waals surface area contributed by atoms with Crippen LogP contribution in [0.4, 0.5) is 0 Å². The first-order valence-electron chi connectivity index (χ1n) is 8.81. The van der Waals surface area contributed by atoms with E-state index in [4.69, 9.17) is 0 Å². The van der Waals surface area contributed by atoms with Crippen molar-refractivity contribution in [3.63, 3.8) is 0 Å². The molecule has 1 fully saturated rings. The van der Waals surface area contributed by atoms with Crippen molar-refractivity contribution in [2.75, 3.05) is 0 Å². The Morgan fingerprint density at radius 2 is 1.75 bits per heavy atom. The van der Waals surface area contributed by atoms with Crippen LogP contribution in [0.3, 0.4) is 0 Å². The van der Waals surface area contributed by atoms with E-state index in [1.165, 1.54) is 36.8 Å². The molecule has 24 heavy (non-hydrogen) atoms. The Morgan fingerprint density at radius 3 is 2.58 bits per heavy atom. The number of aromatic nitrogens is 2. The summed E-state index contributed by atoms with van der Waals surface area (Å²) in [6.07, 6.45) is 7.30. The normalized spacial score (nSPS) is 15.0. The lowest BCUT2D eigenvalue weighted by molar-refractivity contribution is 0.524. The molecule has 1 aliphatic rings. The van der Waals surface area contributed by atoms with Gasteiger partial charge in [-0.3, -0.25) is 0 Å². The fraction of sp³-hybridized carbons (Fsp3) is 0.286. The van der Waals surface area contributed by atoms with Gasteiger partial charge in [0.1, 0.15) is 5.82 Å². The van der Waals surface area contributed by atoms with Gasteiger partial charge in [0.05, 0.1) is 11.9 Å². The molecule has 3 aromatic rings. The molecule has 0 spiro atoms. The standard InChI is InChI=1S/C21H23N3/c1-2-8-17(9-3-1)21-23-15-20(24-21)18-10-6-7-16(13-18)14-22-19-11-4-5-12-19/h1-3,6-10,13,15,19,22H,4-5,11-12,14H2,(H,23,24). The quantitative estimate of drug-likeness (QED) is 0.711. The van der Waals surface area contributed by atoms with Gasteiger partial charge in [0.15, 0.2) is 0 Å². The minimum Gasteiger partial charge on any atom is -0.338 e. The number of nitrogens with one attached hydrogen (secondary N) is 2. The van der Waals surface area contributed by atoms with Crippen molar-refractivity contribution in [3.05, 3.63) is 66.4 Å². The average Bonchev–Trinajstić information content (AvgIpc) is 3.33. The zero-order chi connectivity index (χ0) is 16.2. The minimum atomic E-state index is 0.700. The number of hydrogen-bond donors (Lipinski definition) is 2. The third-order valence-corrected chi connectivity index (χ3v) is 4.81. The first kappa shape index (κ1) is 15.2. The maximum absolute atomic E-state index is 4.53. The van der Waals surface area contributed by atoms with E-state index in [0.29, 0.717) is 6.04 Å². The lowest BCUT2D eigenvalue weighted by Crippen LogP contribution is -2.25. The molecule has 2 N–H and O–H groups in total.